The molecule has 1 unspecified atom stereocenters. The van der Waals surface area contributed by atoms with E-state index in [9.17, 15) is 8.78 Å². The van der Waals surface area contributed by atoms with Crippen LogP contribution in [-0.4, -0.2) is 36.6 Å². The predicted molar refractivity (Wildman–Crippen MR) is 103 cm³/mol. The lowest BCUT2D eigenvalue weighted by Crippen LogP contribution is -2.14. The summed E-state index contributed by atoms with van der Waals surface area (Å²) in [6.07, 6.45) is 4.71. The first kappa shape index (κ1) is 19.7. The molecule has 1 atom stereocenters. The lowest BCUT2D eigenvalue weighted by Gasteiger charge is -2.15. The molecule has 0 aliphatic heterocycles. The Morgan fingerprint density at radius 3 is 2.64 bits per heavy atom. The molecule has 0 saturated carbocycles. The molecule has 150 valence electrons. The van der Waals surface area contributed by atoms with Crippen LogP contribution < -0.4 is 10.6 Å². The number of hydrogen-bond donors (Lipinski definition) is 2. The number of anilines is 3. The molecule has 0 fully saturated rings. The molecule has 3 aromatic heterocycles. The number of aryl methyl sites for hydroxylation is 1. The Hall–Kier alpha value is -3.04. The summed E-state index contributed by atoms with van der Waals surface area (Å²) in [6.45, 7) is 5.49. The van der Waals surface area contributed by atoms with Gasteiger partial charge in [-0.1, -0.05) is 6.92 Å². The first-order valence-corrected chi connectivity index (χ1v) is 8.91. The molecule has 28 heavy (non-hydrogen) atoms. The van der Waals surface area contributed by atoms with Crippen LogP contribution in [0.5, 0.6) is 0 Å². The molecule has 10 heteroatoms. The number of nitrogens with one attached hydrogen (secondary N) is 2. The number of aromatic nitrogens is 6. The number of rotatable bonds is 7. The van der Waals surface area contributed by atoms with E-state index in [0.717, 1.165) is 24.5 Å². The Bertz CT molecular complexity index is 957. The summed E-state index contributed by atoms with van der Waals surface area (Å²) >= 11 is 0. The highest BCUT2D eigenvalue weighted by Crippen LogP contribution is 2.32. The van der Waals surface area contributed by atoms with E-state index in [0.29, 0.717) is 12.2 Å². The van der Waals surface area contributed by atoms with Crippen molar-refractivity contribution in [1.82, 2.24) is 29.5 Å². The van der Waals surface area contributed by atoms with Gasteiger partial charge in [0.05, 0.1) is 28.8 Å². The van der Waals surface area contributed by atoms with Crippen LogP contribution in [0.3, 0.4) is 0 Å². The summed E-state index contributed by atoms with van der Waals surface area (Å²) in [5.41, 5.74) is 2.34. The summed E-state index contributed by atoms with van der Waals surface area (Å²) < 4.78 is 30.9. The minimum Gasteiger partial charge on any atom is -0.373 e. The van der Waals surface area contributed by atoms with Gasteiger partial charge in [0.15, 0.2) is 0 Å². The van der Waals surface area contributed by atoms with Gasteiger partial charge in [0.25, 0.3) is 5.92 Å². The quantitative estimate of drug-likeness (QED) is 0.643. The van der Waals surface area contributed by atoms with Gasteiger partial charge < -0.3 is 10.6 Å². The smallest absolute Gasteiger partial charge is 0.275 e. The van der Waals surface area contributed by atoms with E-state index in [4.69, 9.17) is 0 Å². The molecule has 0 radical (unpaired) electrons. The van der Waals surface area contributed by atoms with Crippen molar-refractivity contribution in [3.05, 3.63) is 41.6 Å². The van der Waals surface area contributed by atoms with Gasteiger partial charge in [0, 0.05) is 45.9 Å². The first-order chi connectivity index (χ1) is 13.2. The number of halogens is 2. The highest BCUT2D eigenvalue weighted by molar-refractivity contribution is 5.58. The Morgan fingerprint density at radius 2 is 2.04 bits per heavy atom. The molecule has 8 nitrogen and oxygen atoms in total. The van der Waals surface area contributed by atoms with Crippen LogP contribution in [0.1, 0.15) is 36.7 Å². The van der Waals surface area contributed by atoms with Gasteiger partial charge in [-0.3, -0.25) is 9.36 Å². The maximum atomic E-state index is 13.6. The molecular formula is C18H24F2N8. The maximum absolute atomic E-state index is 13.6. The molecular weight excluding hydrogens is 366 g/mol. The van der Waals surface area contributed by atoms with Crippen LogP contribution in [0.2, 0.25) is 0 Å². The zero-order chi connectivity index (χ0) is 20.5. The van der Waals surface area contributed by atoms with Gasteiger partial charge in [0.2, 0.25) is 5.95 Å². The number of alkyl halides is 2. The van der Waals surface area contributed by atoms with E-state index in [2.05, 4.69) is 37.7 Å². The molecule has 3 rings (SSSR count). The SMILES string of the molecule is CNc1nc(Nc2cnn(CC(C)c3ccn(C)n3)c2C)ncc1C(C)(F)F. The monoisotopic (exact) mass is 390 g/mol. The van der Waals surface area contributed by atoms with Gasteiger partial charge in [-0.25, -0.2) is 13.8 Å². The second-order valence-corrected chi connectivity index (χ2v) is 6.86. The summed E-state index contributed by atoms with van der Waals surface area (Å²) in [6, 6.07) is 1.99. The Balaban J connectivity index is 1.77. The largest absolute Gasteiger partial charge is 0.373 e. The van der Waals surface area contributed by atoms with Crippen molar-refractivity contribution in [1.29, 1.82) is 0 Å². The predicted octanol–water partition coefficient (Wildman–Crippen LogP) is 3.42. The van der Waals surface area contributed by atoms with E-state index < -0.39 is 5.92 Å². The van der Waals surface area contributed by atoms with Gasteiger partial charge >= 0.3 is 0 Å². The summed E-state index contributed by atoms with van der Waals surface area (Å²) in [7, 11) is 3.43. The number of nitrogens with zero attached hydrogens (tertiary/aromatic N) is 6. The minimum atomic E-state index is -3.03. The maximum Gasteiger partial charge on any atom is 0.275 e. The third-order valence-corrected chi connectivity index (χ3v) is 4.53. The molecule has 3 aromatic rings. The molecule has 0 aliphatic carbocycles. The topological polar surface area (TPSA) is 85.5 Å². The van der Waals surface area contributed by atoms with Crippen molar-refractivity contribution < 1.29 is 8.78 Å². The van der Waals surface area contributed by atoms with Crippen LogP contribution in [-0.2, 0) is 19.5 Å². The lowest BCUT2D eigenvalue weighted by molar-refractivity contribution is 0.0176. The second-order valence-electron chi connectivity index (χ2n) is 6.86. The molecule has 0 amide bonds. The van der Waals surface area contributed by atoms with Crippen LogP contribution in [0.25, 0.3) is 0 Å². The highest BCUT2D eigenvalue weighted by atomic mass is 19.3. The van der Waals surface area contributed by atoms with Gasteiger partial charge in [-0.05, 0) is 13.0 Å². The fourth-order valence-electron chi connectivity index (χ4n) is 2.88. The van der Waals surface area contributed by atoms with Gasteiger partial charge in [0.1, 0.15) is 5.82 Å². The Labute approximate surface area is 162 Å². The zero-order valence-corrected chi connectivity index (χ0v) is 16.5. The summed E-state index contributed by atoms with van der Waals surface area (Å²) in [5.74, 6) is -2.54. The third-order valence-electron chi connectivity index (χ3n) is 4.53. The van der Waals surface area contributed by atoms with Crippen molar-refractivity contribution in [2.75, 3.05) is 17.7 Å². The summed E-state index contributed by atoms with van der Waals surface area (Å²) in [5, 5.41) is 14.6. The molecule has 0 aromatic carbocycles. The molecule has 0 bridgehead atoms. The standard InChI is InChI=1S/C18H24F2N8/c1-11(14-6-7-27(5)26-14)10-28-12(2)15(9-23-28)24-17-22-8-13(18(3,19)20)16(21-4)25-17/h6-9,11H,10H2,1-5H3,(H2,21,22,24,25). The van der Waals surface area contributed by atoms with E-state index in [1.165, 1.54) is 0 Å². The normalized spacial score (nSPS) is 12.8. The van der Waals surface area contributed by atoms with Crippen molar-refractivity contribution >= 4 is 17.5 Å². The fraction of sp³-hybridized carbons (Fsp3) is 0.444. The Morgan fingerprint density at radius 1 is 1.29 bits per heavy atom. The minimum absolute atomic E-state index is 0.0822. The van der Waals surface area contributed by atoms with Gasteiger partial charge in [-0.15, -0.1) is 0 Å². The molecule has 3 heterocycles. The fourth-order valence-corrected chi connectivity index (χ4v) is 2.88. The van der Waals surface area contributed by atoms with Crippen LogP contribution in [0, 0.1) is 6.92 Å². The second kappa shape index (κ2) is 7.53. The van der Waals surface area contributed by atoms with Crippen LogP contribution in [0.15, 0.2) is 24.7 Å². The first-order valence-electron chi connectivity index (χ1n) is 8.91. The Kier molecular flexibility index (Phi) is 5.30. The van der Waals surface area contributed by atoms with E-state index in [1.54, 1.807) is 17.9 Å². The molecule has 0 spiro atoms. The zero-order valence-electron chi connectivity index (χ0n) is 16.5. The van der Waals surface area contributed by atoms with Crippen molar-refractivity contribution in [2.24, 2.45) is 7.05 Å². The third kappa shape index (κ3) is 4.10. The van der Waals surface area contributed by atoms with Gasteiger partial charge in [-0.2, -0.15) is 15.2 Å². The van der Waals surface area contributed by atoms with Crippen LogP contribution in [0.4, 0.5) is 26.2 Å². The van der Waals surface area contributed by atoms with Crippen molar-refractivity contribution in [3.8, 4) is 0 Å². The molecule has 0 aliphatic rings. The van der Waals surface area contributed by atoms with E-state index >= 15 is 0 Å². The number of hydrogen-bond acceptors (Lipinski definition) is 6. The lowest BCUT2D eigenvalue weighted by atomic mass is 10.1. The average molecular weight is 390 g/mol. The van der Waals surface area contributed by atoms with Crippen molar-refractivity contribution in [2.45, 2.75) is 39.2 Å². The van der Waals surface area contributed by atoms with E-state index in [1.807, 2.05) is 30.9 Å². The van der Waals surface area contributed by atoms with Crippen LogP contribution >= 0.6 is 0 Å². The summed E-state index contributed by atoms with van der Waals surface area (Å²) in [4.78, 5) is 8.17. The molecule has 0 saturated heterocycles. The van der Waals surface area contributed by atoms with E-state index in [-0.39, 0.29) is 23.2 Å². The molecule has 2 N–H and O–H groups in total. The highest BCUT2D eigenvalue weighted by Gasteiger charge is 2.29. The average Bonchev–Trinajstić information content (AvgIpc) is 3.21. The van der Waals surface area contributed by atoms with Crippen molar-refractivity contribution in [3.63, 3.8) is 0 Å².